The molecular formula is C24H28N2O3S. The Morgan fingerprint density at radius 3 is 2.17 bits per heavy atom. The average molecular weight is 425 g/mol. The molecule has 1 saturated carbocycles. The van der Waals surface area contributed by atoms with Crippen molar-refractivity contribution in [2.75, 3.05) is 0 Å². The molecule has 0 aromatic heterocycles. The molecule has 2 N–H and O–H groups in total. The van der Waals surface area contributed by atoms with E-state index in [1.54, 1.807) is 60.3 Å². The first-order chi connectivity index (χ1) is 14.4. The van der Waals surface area contributed by atoms with Gasteiger partial charge in [-0.2, -0.15) is 0 Å². The van der Waals surface area contributed by atoms with Gasteiger partial charge in [0.2, 0.25) is 0 Å². The first-order valence-electron chi connectivity index (χ1n) is 10.6. The van der Waals surface area contributed by atoms with Crippen LogP contribution in [0.1, 0.15) is 50.7 Å². The van der Waals surface area contributed by atoms with Crippen LogP contribution in [0.15, 0.2) is 60.7 Å². The zero-order chi connectivity index (χ0) is 21.4. The van der Waals surface area contributed by atoms with E-state index >= 15 is 0 Å². The third kappa shape index (κ3) is 3.32. The molecule has 6 heteroatoms. The van der Waals surface area contributed by atoms with Gasteiger partial charge in [-0.05, 0) is 36.8 Å². The van der Waals surface area contributed by atoms with E-state index in [2.05, 4.69) is 12.3 Å². The second-order valence-corrected chi connectivity index (χ2v) is 9.96. The molecule has 3 atom stereocenters. The van der Waals surface area contributed by atoms with Crippen molar-refractivity contribution >= 4 is 23.6 Å². The highest BCUT2D eigenvalue weighted by Gasteiger charge is 2.56. The summed E-state index contributed by atoms with van der Waals surface area (Å²) in [6, 6.07) is 17.8. The van der Waals surface area contributed by atoms with Gasteiger partial charge < -0.3 is 5.11 Å². The van der Waals surface area contributed by atoms with Crippen molar-refractivity contribution in [1.29, 1.82) is 0 Å². The molecule has 158 valence electrons. The lowest BCUT2D eigenvalue weighted by atomic mass is 9.84. The molecular weight excluding hydrogens is 396 g/mol. The highest BCUT2D eigenvalue weighted by Crippen LogP contribution is 2.52. The number of nitrogens with zero attached hydrogens (tertiary/aromatic N) is 1. The van der Waals surface area contributed by atoms with Gasteiger partial charge in [0.15, 0.2) is 5.60 Å². The molecule has 5 nitrogen and oxygen atoms in total. The Morgan fingerprint density at radius 1 is 1.07 bits per heavy atom. The minimum Gasteiger partial charge on any atom is -0.372 e. The zero-order valence-electron chi connectivity index (χ0n) is 17.4. The Kier molecular flexibility index (Phi) is 5.64. The molecule has 2 aromatic carbocycles. The zero-order valence-corrected chi connectivity index (χ0v) is 18.2. The van der Waals surface area contributed by atoms with Crippen LogP contribution in [0.2, 0.25) is 0 Å². The Morgan fingerprint density at radius 2 is 1.63 bits per heavy atom. The summed E-state index contributed by atoms with van der Waals surface area (Å²) >= 11 is 1.64. The van der Waals surface area contributed by atoms with E-state index in [0.717, 1.165) is 25.7 Å². The van der Waals surface area contributed by atoms with Crippen LogP contribution >= 0.6 is 11.8 Å². The summed E-state index contributed by atoms with van der Waals surface area (Å²) in [5.41, 5.74) is 1.89. The fourth-order valence-corrected chi connectivity index (χ4v) is 6.38. The third-order valence-corrected chi connectivity index (χ3v) is 8.20. The lowest BCUT2D eigenvalue weighted by Gasteiger charge is -2.45. The molecule has 1 aliphatic carbocycles. The quantitative estimate of drug-likeness (QED) is 0.783. The molecule has 1 spiro atoms. The summed E-state index contributed by atoms with van der Waals surface area (Å²) in [7, 11) is 0. The van der Waals surface area contributed by atoms with Crippen LogP contribution in [-0.2, 0) is 15.2 Å². The molecule has 1 saturated heterocycles. The van der Waals surface area contributed by atoms with Gasteiger partial charge >= 0.3 is 0 Å². The maximum Gasteiger partial charge on any atom is 0.279 e. The number of rotatable bonds is 4. The fourth-order valence-electron chi connectivity index (χ4n) is 4.71. The van der Waals surface area contributed by atoms with E-state index in [1.807, 2.05) is 19.1 Å². The van der Waals surface area contributed by atoms with Crippen LogP contribution in [0.25, 0.3) is 0 Å². The Balaban J connectivity index is 1.73. The van der Waals surface area contributed by atoms with Crippen LogP contribution in [-0.4, -0.2) is 32.1 Å². The van der Waals surface area contributed by atoms with Gasteiger partial charge in [-0.3, -0.25) is 15.0 Å². The monoisotopic (exact) mass is 424 g/mol. The van der Waals surface area contributed by atoms with Gasteiger partial charge in [0.1, 0.15) is 4.87 Å². The van der Waals surface area contributed by atoms with Crippen LogP contribution in [0.5, 0.6) is 0 Å². The number of carbonyl (C=O) groups excluding carboxylic acids is 2. The van der Waals surface area contributed by atoms with Crippen molar-refractivity contribution in [3.8, 4) is 0 Å². The molecule has 2 aromatic rings. The number of carbonyl (C=O) groups is 2. The summed E-state index contributed by atoms with van der Waals surface area (Å²) < 4.78 is 0. The number of amides is 2. The maximum absolute atomic E-state index is 13.6. The number of aliphatic hydroxyl groups is 1. The van der Waals surface area contributed by atoms with Crippen molar-refractivity contribution in [3.63, 3.8) is 0 Å². The maximum atomic E-state index is 13.6. The second kappa shape index (κ2) is 8.08. The Bertz CT molecular complexity index is 881. The van der Waals surface area contributed by atoms with Crippen molar-refractivity contribution in [2.24, 2.45) is 5.92 Å². The second-order valence-electron chi connectivity index (χ2n) is 8.31. The van der Waals surface area contributed by atoms with Gasteiger partial charge in [-0.1, -0.05) is 80.4 Å². The minimum absolute atomic E-state index is 0.106. The lowest BCUT2D eigenvalue weighted by molar-refractivity contribution is -0.154. The summed E-state index contributed by atoms with van der Waals surface area (Å²) in [5.74, 6) is -0.460. The van der Waals surface area contributed by atoms with E-state index in [-0.39, 0.29) is 17.1 Å². The highest BCUT2D eigenvalue weighted by molar-refractivity contribution is 8.02. The molecule has 4 rings (SSSR count). The smallest absolute Gasteiger partial charge is 0.279 e. The number of hydrogen-bond acceptors (Lipinski definition) is 4. The van der Waals surface area contributed by atoms with Crippen molar-refractivity contribution in [2.45, 2.75) is 55.3 Å². The first kappa shape index (κ1) is 20.9. The topological polar surface area (TPSA) is 69.6 Å². The molecule has 1 heterocycles. The minimum atomic E-state index is -1.90. The van der Waals surface area contributed by atoms with Crippen molar-refractivity contribution in [3.05, 3.63) is 71.8 Å². The van der Waals surface area contributed by atoms with Crippen LogP contribution in [0.3, 0.4) is 0 Å². The summed E-state index contributed by atoms with van der Waals surface area (Å²) in [6.45, 7) is 4.04. The molecule has 0 radical (unpaired) electrons. The summed E-state index contributed by atoms with van der Waals surface area (Å²) in [5, 5.41) is 13.0. The van der Waals surface area contributed by atoms with E-state index < -0.39 is 16.4 Å². The van der Waals surface area contributed by atoms with Gasteiger partial charge in [-0.15, -0.1) is 11.8 Å². The number of benzene rings is 2. The molecule has 0 bridgehead atoms. The van der Waals surface area contributed by atoms with Crippen molar-refractivity contribution in [1.82, 2.24) is 10.4 Å². The average Bonchev–Trinajstić information content (AvgIpc) is 3.01. The predicted octanol–water partition coefficient (Wildman–Crippen LogP) is 3.82. The SMILES string of the molecule is CC1SC2(CCCCC2C)N(NC(=O)C(O)(c2ccccc2)c2ccccc2)C1=O. The summed E-state index contributed by atoms with van der Waals surface area (Å²) in [6.07, 6.45) is 4.00. The predicted molar refractivity (Wildman–Crippen MR) is 118 cm³/mol. The highest BCUT2D eigenvalue weighted by atomic mass is 32.2. The first-order valence-corrected chi connectivity index (χ1v) is 11.4. The molecule has 2 aliphatic rings. The Hall–Kier alpha value is -2.31. The molecule has 2 amide bonds. The van der Waals surface area contributed by atoms with Crippen LogP contribution in [0, 0.1) is 5.92 Å². The van der Waals surface area contributed by atoms with E-state index in [4.69, 9.17) is 0 Å². The summed E-state index contributed by atoms with van der Waals surface area (Å²) in [4.78, 5) is 26.3. The van der Waals surface area contributed by atoms with Crippen molar-refractivity contribution < 1.29 is 14.7 Å². The number of hydrazine groups is 1. The van der Waals surface area contributed by atoms with E-state index in [0.29, 0.717) is 11.1 Å². The third-order valence-electron chi connectivity index (χ3n) is 6.44. The van der Waals surface area contributed by atoms with Crippen LogP contribution in [0.4, 0.5) is 0 Å². The molecule has 3 unspecified atom stereocenters. The van der Waals surface area contributed by atoms with Gasteiger partial charge in [-0.25, -0.2) is 5.01 Å². The van der Waals surface area contributed by atoms with E-state index in [1.165, 1.54) is 5.01 Å². The number of nitrogens with one attached hydrogen (secondary N) is 1. The number of hydrogen-bond donors (Lipinski definition) is 2. The van der Waals surface area contributed by atoms with Crippen LogP contribution < -0.4 is 5.43 Å². The Labute approximate surface area is 181 Å². The normalized spacial score (nSPS) is 26.8. The molecule has 30 heavy (non-hydrogen) atoms. The molecule has 1 aliphatic heterocycles. The van der Waals surface area contributed by atoms with Gasteiger partial charge in [0, 0.05) is 0 Å². The lowest BCUT2D eigenvalue weighted by Crippen LogP contribution is -2.61. The number of thioether (sulfide) groups is 1. The van der Waals surface area contributed by atoms with E-state index in [9.17, 15) is 14.7 Å². The van der Waals surface area contributed by atoms with Gasteiger partial charge in [0.05, 0.1) is 5.25 Å². The standard InChI is InChI=1S/C24H28N2O3S/c1-17-11-9-10-16-23(17)26(21(27)18(2)30-23)25-22(28)24(29,19-12-5-3-6-13-19)20-14-7-4-8-15-20/h3-8,12-15,17-18,29H,9-11,16H2,1-2H3,(H,25,28). The molecule has 2 fully saturated rings. The fraction of sp³-hybridized carbons (Fsp3) is 0.417. The largest absolute Gasteiger partial charge is 0.372 e. The van der Waals surface area contributed by atoms with Gasteiger partial charge in [0.25, 0.3) is 11.8 Å².